The van der Waals surface area contributed by atoms with Crippen LogP contribution in [-0.2, 0) is 11.4 Å². The van der Waals surface area contributed by atoms with Crippen LogP contribution in [0.5, 0.6) is 0 Å². The van der Waals surface area contributed by atoms with Crippen molar-refractivity contribution in [3.63, 3.8) is 0 Å². The van der Waals surface area contributed by atoms with Crippen LogP contribution in [0.25, 0.3) is 11.6 Å². The quantitative estimate of drug-likeness (QED) is 0.296. The third-order valence-corrected chi connectivity index (χ3v) is 7.52. The highest BCUT2D eigenvalue weighted by Crippen LogP contribution is 2.36. The number of nitrogens with one attached hydrogen (secondary N) is 4. The standard InChI is InChI=1S/C30H31FN6O5/c1-16-24(32-17(2)26(16)29(41)37-10-8-36(3)9-11-37)14-22-20-7-5-19(13-25(20)34-28(22)40)33-30(42)35-27(39)21-6-4-18(15-38)12-23(21)31/h4-7,12-14,32,38H,8-11,15H2,1-3H3,(H,34,40)(H2,33,35,39,42). The smallest absolute Gasteiger partial charge is 0.326 e. The fraction of sp³-hybridized carbons (Fsp3) is 0.267. The van der Waals surface area contributed by atoms with E-state index in [0.717, 1.165) is 30.4 Å². The number of carbonyl (C=O) groups is 4. The number of aromatic amines is 1. The molecule has 42 heavy (non-hydrogen) atoms. The van der Waals surface area contributed by atoms with E-state index in [1.807, 2.05) is 25.8 Å². The average Bonchev–Trinajstić information content (AvgIpc) is 3.41. The highest BCUT2D eigenvalue weighted by molar-refractivity contribution is 6.35. The molecule has 0 atom stereocenters. The monoisotopic (exact) mass is 574 g/mol. The van der Waals surface area contributed by atoms with Gasteiger partial charge in [-0.3, -0.25) is 19.7 Å². The predicted molar refractivity (Wildman–Crippen MR) is 155 cm³/mol. The minimum atomic E-state index is -0.948. The van der Waals surface area contributed by atoms with Gasteiger partial charge < -0.3 is 30.5 Å². The second kappa shape index (κ2) is 11.6. The van der Waals surface area contributed by atoms with E-state index in [2.05, 4.69) is 25.8 Å². The van der Waals surface area contributed by atoms with E-state index in [1.165, 1.54) is 12.1 Å². The Bertz CT molecular complexity index is 1640. The summed E-state index contributed by atoms with van der Waals surface area (Å²) < 4.78 is 14.2. The van der Waals surface area contributed by atoms with E-state index in [1.54, 1.807) is 24.3 Å². The van der Waals surface area contributed by atoms with Gasteiger partial charge >= 0.3 is 6.03 Å². The number of aliphatic hydroxyl groups is 1. The van der Waals surface area contributed by atoms with Gasteiger partial charge in [-0.25, -0.2) is 9.18 Å². The van der Waals surface area contributed by atoms with Crippen molar-refractivity contribution in [2.24, 2.45) is 0 Å². The van der Waals surface area contributed by atoms with Gasteiger partial charge in [0.15, 0.2) is 0 Å². The predicted octanol–water partition coefficient (Wildman–Crippen LogP) is 3.11. The van der Waals surface area contributed by atoms with Crippen LogP contribution in [0.3, 0.4) is 0 Å². The normalized spacial score (nSPS) is 15.9. The van der Waals surface area contributed by atoms with Crippen LogP contribution in [0.4, 0.5) is 20.6 Å². The summed E-state index contributed by atoms with van der Waals surface area (Å²) in [5, 5.41) is 16.4. The number of amides is 5. The number of urea groups is 1. The van der Waals surface area contributed by atoms with Crippen LogP contribution in [0.1, 0.15) is 48.8 Å². The van der Waals surface area contributed by atoms with E-state index in [4.69, 9.17) is 5.11 Å². The molecule has 2 aromatic carbocycles. The maximum Gasteiger partial charge on any atom is 0.326 e. The summed E-state index contributed by atoms with van der Waals surface area (Å²) in [6.07, 6.45) is 1.71. The van der Waals surface area contributed by atoms with Crippen molar-refractivity contribution in [2.75, 3.05) is 43.9 Å². The van der Waals surface area contributed by atoms with Crippen molar-refractivity contribution in [1.82, 2.24) is 20.1 Å². The second-order valence-electron chi connectivity index (χ2n) is 10.4. The van der Waals surface area contributed by atoms with Crippen LogP contribution in [0.2, 0.25) is 0 Å². The van der Waals surface area contributed by atoms with Gasteiger partial charge in [-0.05, 0) is 62.4 Å². The number of halogens is 1. The van der Waals surface area contributed by atoms with E-state index in [-0.39, 0.29) is 24.0 Å². The van der Waals surface area contributed by atoms with Crippen molar-refractivity contribution in [1.29, 1.82) is 0 Å². The van der Waals surface area contributed by atoms with Gasteiger partial charge in [0.05, 0.1) is 29.0 Å². The van der Waals surface area contributed by atoms with Crippen molar-refractivity contribution in [2.45, 2.75) is 20.5 Å². The zero-order chi connectivity index (χ0) is 30.1. The summed E-state index contributed by atoms with van der Waals surface area (Å²) in [4.78, 5) is 58.2. The number of fused-ring (bicyclic) bond motifs is 1. The maximum absolute atomic E-state index is 14.2. The molecule has 5 amide bonds. The molecule has 0 saturated carbocycles. The maximum atomic E-state index is 14.2. The highest BCUT2D eigenvalue weighted by Gasteiger charge is 2.28. The molecule has 12 heteroatoms. The van der Waals surface area contributed by atoms with Gasteiger partial charge in [0, 0.05) is 48.8 Å². The lowest BCUT2D eigenvalue weighted by Crippen LogP contribution is -2.47. The molecule has 2 aliphatic rings. The molecule has 1 saturated heterocycles. The lowest BCUT2D eigenvalue weighted by Gasteiger charge is -2.32. The molecule has 2 aliphatic heterocycles. The van der Waals surface area contributed by atoms with Gasteiger partial charge in [0.2, 0.25) is 0 Å². The van der Waals surface area contributed by atoms with Crippen molar-refractivity contribution in [3.8, 4) is 0 Å². The first kappa shape index (κ1) is 28.7. The van der Waals surface area contributed by atoms with Gasteiger partial charge in [0.25, 0.3) is 17.7 Å². The number of likely N-dealkylation sites (N-methyl/N-ethyl adjacent to an activating group) is 1. The van der Waals surface area contributed by atoms with Crippen molar-refractivity contribution >= 4 is 46.8 Å². The van der Waals surface area contributed by atoms with Gasteiger partial charge in [-0.15, -0.1) is 0 Å². The molecule has 5 N–H and O–H groups in total. The van der Waals surface area contributed by atoms with Crippen LogP contribution in [0, 0.1) is 19.7 Å². The number of rotatable bonds is 5. The molecule has 1 fully saturated rings. The number of benzene rings is 2. The Morgan fingerprint density at radius 2 is 1.81 bits per heavy atom. The number of carbonyl (C=O) groups excluding carboxylic acids is 4. The number of nitrogens with zero attached hydrogens (tertiary/aromatic N) is 2. The number of aromatic nitrogens is 1. The molecule has 0 spiro atoms. The Hall–Kier alpha value is -4.81. The Morgan fingerprint density at radius 1 is 1.07 bits per heavy atom. The Kier molecular flexibility index (Phi) is 7.92. The number of hydrogen-bond donors (Lipinski definition) is 5. The minimum Gasteiger partial charge on any atom is -0.392 e. The summed E-state index contributed by atoms with van der Waals surface area (Å²) in [6.45, 7) is 6.25. The number of anilines is 2. The number of aliphatic hydroxyl groups excluding tert-OH is 1. The number of aryl methyl sites for hydroxylation is 1. The van der Waals surface area contributed by atoms with Crippen LogP contribution < -0.4 is 16.0 Å². The fourth-order valence-corrected chi connectivity index (χ4v) is 5.14. The Morgan fingerprint density at radius 3 is 2.50 bits per heavy atom. The van der Waals surface area contributed by atoms with E-state index in [0.29, 0.717) is 52.4 Å². The summed E-state index contributed by atoms with van der Waals surface area (Å²) in [5.41, 5.74) is 4.44. The number of hydrogen-bond acceptors (Lipinski definition) is 6. The lowest BCUT2D eigenvalue weighted by molar-refractivity contribution is -0.110. The molecule has 0 bridgehead atoms. The molecule has 3 aromatic rings. The van der Waals surface area contributed by atoms with Gasteiger partial charge in [-0.2, -0.15) is 0 Å². The highest BCUT2D eigenvalue weighted by atomic mass is 19.1. The minimum absolute atomic E-state index is 0.0346. The zero-order valence-electron chi connectivity index (χ0n) is 23.4. The average molecular weight is 575 g/mol. The summed E-state index contributed by atoms with van der Waals surface area (Å²) in [6, 6.07) is 7.47. The van der Waals surface area contributed by atoms with Crippen LogP contribution in [0.15, 0.2) is 36.4 Å². The third kappa shape index (κ3) is 5.67. The molecule has 0 aliphatic carbocycles. The lowest BCUT2D eigenvalue weighted by atomic mass is 10.0. The van der Waals surface area contributed by atoms with Gasteiger partial charge in [0.1, 0.15) is 5.82 Å². The number of imide groups is 1. The molecular formula is C30H31FN6O5. The van der Waals surface area contributed by atoms with E-state index in [9.17, 15) is 23.6 Å². The first-order valence-electron chi connectivity index (χ1n) is 13.4. The topological polar surface area (TPSA) is 147 Å². The fourth-order valence-electron chi connectivity index (χ4n) is 5.14. The summed E-state index contributed by atoms with van der Waals surface area (Å²) >= 11 is 0. The largest absolute Gasteiger partial charge is 0.392 e. The van der Waals surface area contributed by atoms with E-state index < -0.39 is 17.8 Å². The first-order chi connectivity index (χ1) is 20.0. The summed E-state index contributed by atoms with van der Waals surface area (Å²) in [7, 11) is 2.03. The molecule has 3 heterocycles. The van der Waals surface area contributed by atoms with E-state index >= 15 is 0 Å². The molecular weight excluding hydrogens is 543 g/mol. The molecule has 11 nitrogen and oxygen atoms in total. The second-order valence-corrected chi connectivity index (χ2v) is 10.4. The molecule has 1 aromatic heterocycles. The SMILES string of the molecule is Cc1[nH]c(C=C2C(=O)Nc3cc(NC(=O)NC(=O)c4ccc(CO)cc4F)ccc32)c(C)c1C(=O)N1CCN(C)CC1. The van der Waals surface area contributed by atoms with Crippen LogP contribution >= 0.6 is 0 Å². The molecule has 5 rings (SSSR count). The van der Waals surface area contributed by atoms with Crippen LogP contribution in [-0.4, -0.2) is 76.9 Å². The number of piperazine rings is 1. The number of H-pyrrole nitrogens is 1. The third-order valence-electron chi connectivity index (χ3n) is 7.52. The zero-order valence-corrected chi connectivity index (χ0v) is 23.4. The molecule has 218 valence electrons. The van der Waals surface area contributed by atoms with Gasteiger partial charge in [-0.1, -0.05) is 12.1 Å². The van der Waals surface area contributed by atoms with Crippen molar-refractivity contribution in [3.05, 3.63) is 81.4 Å². The first-order valence-corrected chi connectivity index (χ1v) is 13.4. The molecule has 0 unspecified atom stereocenters. The summed E-state index contributed by atoms with van der Waals surface area (Å²) in [5.74, 6) is -2.19. The van der Waals surface area contributed by atoms with Crippen molar-refractivity contribution < 1.29 is 28.7 Å². The Balaban J connectivity index is 1.30. The Labute approximate surface area is 241 Å². The molecule has 0 radical (unpaired) electrons.